The highest BCUT2D eigenvalue weighted by Crippen LogP contribution is 2.24. The van der Waals surface area contributed by atoms with E-state index in [1.807, 2.05) is 31.7 Å². The van der Waals surface area contributed by atoms with Gasteiger partial charge in [0.05, 0.1) is 11.6 Å². The Bertz CT molecular complexity index is 624. The van der Waals surface area contributed by atoms with Gasteiger partial charge >= 0.3 is 12.1 Å². The summed E-state index contributed by atoms with van der Waals surface area (Å²) in [5.74, 6) is -0.931. The molecule has 6 nitrogen and oxygen atoms in total. The normalized spacial score (nSPS) is 18.2. The smallest absolute Gasteiger partial charge is 0.410 e. The van der Waals surface area contributed by atoms with Crippen LogP contribution in [-0.4, -0.2) is 53.3 Å². The SMILES string of the molecule is CCC[C@H]1CN(c2cccc(C(=O)O)c2)CCN1C(=O)OC(C)(C)C. The predicted molar refractivity (Wildman–Crippen MR) is 97.3 cm³/mol. The zero-order valence-corrected chi connectivity index (χ0v) is 15.5. The van der Waals surface area contributed by atoms with Gasteiger partial charge in [-0.1, -0.05) is 19.4 Å². The van der Waals surface area contributed by atoms with Gasteiger partial charge in [-0.3, -0.25) is 0 Å². The molecule has 2 rings (SSSR count). The van der Waals surface area contributed by atoms with Crippen molar-refractivity contribution in [2.45, 2.75) is 52.2 Å². The number of aromatic carboxylic acids is 1. The molecule has 0 aliphatic carbocycles. The number of piperazine rings is 1. The van der Waals surface area contributed by atoms with Crippen molar-refractivity contribution in [2.75, 3.05) is 24.5 Å². The summed E-state index contributed by atoms with van der Waals surface area (Å²) in [5.41, 5.74) is 0.643. The molecule has 1 aromatic rings. The minimum Gasteiger partial charge on any atom is -0.478 e. The average Bonchev–Trinajstić information content (AvgIpc) is 2.53. The topological polar surface area (TPSA) is 70.1 Å². The molecule has 0 spiro atoms. The van der Waals surface area contributed by atoms with E-state index in [1.54, 1.807) is 18.2 Å². The van der Waals surface area contributed by atoms with Crippen LogP contribution < -0.4 is 4.90 Å². The van der Waals surface area contributed by atoms with Crippen molar-refractivity contribution >= 4 is 17.7 Å². The maximum Gasteiger partial charge on any atom is 0.410 e. The highest BCUT2D eigenvalue weighted by molar-refractivity contribution is 5.88. The van der Waals surface area contributed by atoms with Gasteiger partial charge in [-0.2, -0.15) is 0 Å². The Balaban J connectivity index is 2.14. The lowest BCUT2D eigenvalue weighted by atomic mass is 10.1. The number of nitrogens with zero attached hydrogens (tertiary/aromatic N) is 2. The van der Waals surface area contributed by atoms with Gasteiger partial charge in [-0.25, -0.2) is 9.59 Å². The molecule has 1 heterocycles. The summed E-state index contributed by atoms with van der Waals surface area (Å²) in [5, 5.41) is 9.18. The van der Waals surface area contributed by atoms with Crippen LogP contribution in [-0.2, 0) is 4.74 Å². The first-order chi connectivity index (χ1) is 11.7. The molecule has 0 bridgehead atoms. The minimum absolute atomic E-state index is 0.0575. The van der Waals surface area contributed by atoms with Gasteiger partial charge in [0.15, 0.2) is 0 Å². The van der Waals surface area contributed by atoms with Gasteiger partial charge in [-0.15, -0.1) is 0 Å². The standard InChI is InChI=1S/C19H28N2O4/c1-5-7-16-13-20(15-9-6-8-14(12-15)17(22)23)10-11-21(16)18(24)25-19(2,3)4/h6,8-9,12,16H,5,7,10-11,13H2,1-4H3,(H,22,23)/t16-/m0/s1. The van der Waals surface area contributed by atoms with Crippen LogP contribution in [0.15, 0.2) is 24.3 Å². The fraction of sp³-hybridized carbons (Fsp3) is 0.579. The molecule has 0 radical (unpaired) electrons. The third-order valence-electron chi connectivity index (χ3n) is 4.19. The number of carbonyl (C=O) groups is 2. The monoisotopic (exact) mass is 348 g/mol. The minimum atomic E-state index is -0.931. The Morgan fingerprint density at radius 1 is 1.28 bits per heavy atom. The van der Waals surface area contributed by atoms with Crippen LogP contribution in [0.4, 0.5) is 10.5 Å². The van der Waals surface area contributed by atoms with Crippen molar-refractivity contribution in [3.8, 4) is 0 Å². The molecule has 25 heavy (non-hydrogen) atoms. The molecule has 0 saturated carbocycles. The van der Waals surface area contributed by atoms with E-state index in [2.05, 4.69) is 11.8 Å². The summed E-state index contributed by atoms with van der Waals surface area (Å²) in [7, 11) is 0. The quantitative estimate of drug-likeness (QED) is 0.900. The fourth-order valence-corrected chi connectivity index (χ4v) is 3.07. The fourth-order valence-electron chi connectivity index (χ4n) is 3.07. The van der Waals surface area contributed by atoms with E-state index in [1.165, 1.54) is 0 Å². The zero-order chi connectivity index (χ0) is 18.6. The van der Waals surface area contributed by atoms with Gasteiger partial charge in [0.1, 0.15) is 5.60 Å². The average molecular weight is 348 g/mol. The van der Waals surface area contributed by atoms with Crippen molar-refractivity contribution in [1.29, 1.82) is 0 Å². The molecule has 1 aliphatic rings. The summed E-state index contributed by atoms with van der Waals surface area (Å²) in [6.07, 6.45) is 1.58. The lowest BCUT2D eigenvalue weighted by Crippen LogP contribution is -2.56. The lowest BCUT2D eigenvalue weighted by Gasteiger charge is -2.42. The second-order valence-electron chi connectivity index (χ2n) is 7.42. The van der Waals surface area contributed by atoms with E-state index in [0.29, 0.717) is 19.6 Å². The number of hydrogen-bond donors (Lipinski definition) is 1. The van der Waals surface area contributed by atoms with Crippen molar-refractivity contribution in [3.05, 3.63) is 29.8 Å². The van der Waals surface area contributed by atoms with E-state index in [-0.39, 0.29) is 17.7 Å². The first-order valence-corrected chi connectivity index (χ1v) is 8.79. The van der Waals surface area contributed by atoms with Crippen LogP contribution >= 0.6 is 0 Å². The number of benzene rings is 1. The highest BCUT2D eigenvalue weighted by atomic mass is 16.6. The van der Waals surface area contributed by atoms with Crippen LogP contribution in [0.1, 0.15) is 50.9 Å². The molecule has 138 valence electrons. The number of carboxylic acid groups (broad SMARTS) is 1. The Kier molecular flexibility index (Phi) is 5.93. The van der Waals surface area contributed by atoms with Crippen LogP contribution in [0.5, 0.6) is 0 Å². The summed E-state index contributed by atoms with van der Waals surface area (Å²) in [6, 6.07) is 7.01. The highest BCUT2D eigenvalue weighted by Gasteiger charge is 2.33. The first kappa shape index (κ1) is 19.1. The molecular weight excluding hydrogens is 320 g/mol. The Hall–Kier alpha value is -2.24. The van der Waals surface area contributed by atoms with E-state index in [4.69, 9.17) is 4.74 Å². The Morgan fingerprint density at radius 2 is 2.00 bits per heavy atom. The number of hydrogen-bond acceptors (Lipinski definition) is 4. The molecule has 6 heteroatoms. The lowest BCUT2D eigenvalue weighted by molar-refractivity contribution is 0.0131. The molecule has 1 atom stereocenters. The van der Waals surface area contributed by atoms with E-state index in [0.717, 1.165) is 18.5 Å². The summed E-state index contributed by atoms with van der Waals surface area (Å²) >= 11 is 0. The van der Waals surface area contributed by atoms with E-state index < -0.39 is 11.6 Å². The Labute approximate surface area is 149 Å². The molecule has 1 aromatic carbocycles. The number of anilines is 1. The van der Waals surface area contributed by atoms with Crippen molar-refractivity contribution in [2.24, 2.45) is 0 Å². The van der Waals surface area contributed by atoms with Gasteiger partial charge in [0.2, 0.25) is 0 Å². The number of rotatable bonds is 4. The maximum atomic E-state index is 12.5. The number of carboxylic acids is 1. The largest absolute Gasteiger partial charge is 0.478 e. The zero-order valence-electron chi connectivity index (χ0n) is 15.5. The van der Waals surface area contributed by atoms with Gasteiger partial charge in [-0.05, 0) is 45.4 Å². The van der Waals surface area contributed by atoms with Gasteiger partial charge in [0, 0.05) is 25.3 Å². The van der Waals surface area contributed by atoms with Crippen LogP contribution in [0.25, 0.3) is 0 Å². The van der Waals surface area contributed by atoms with Crippen LogP contribution in [0, 0.1) is 0 Å². The van der Waals surface area contributed by atoms with E-state index in [9.17, 15) is 14.7 Å². The van der Waals surface area contributed by atoms with Crippen molar-refractivity contribution in [1.82, 2.24) is 4.90 Å². The Morgan fingerprint density at radius 3 is 2.60 bits per heavy atom. The second-order valence-corrected chi connectivity index (χ2v) is 7.42. The van der Waals surface area contributed by atoms with Gasteiger partial charge < -0.3 is 19.6 Å². The number of ether oxygens (including phenoxy) is 1. The summed E-state index contributed by atoms with van der Waals surface area (Å²) in [4.78, 5) is 27.6. The molecule has 0 unspecified atom stereocenters. The first-order valence-electron chi connectivity index (χ1n) is 8.79. The number of carbonyl (C=O) groups excluding carboxylic acids is 1. The molecule has 1 amide bonds. The molecular formula is C19H28N2O4. The molecule has 1 aliphatic heterocycles. The summed E-state index contributed by atoms with van der Waals surface area (Å²) < 4.78 is 5.54. The summed E-state index contributed by atoms with van der Waals surface area (Å²) in [6.45, 7) is 9.60. The molecule has 1 fully saturated rings. The van der Waals surface area contributed by atoms with Crippen molar-refractivity contribution in [3.63, 3.8) is 0 Å². The van der Waals surface area contributed by atoms with E-state index >= 15 is 0 Å². The third-order valence-corrected chi connectivity index (χ3v) is 4.19. The molecule has 1 N–H and O–H groups in total. The van der Waals surface area contributed by atoms with Gasteiger partial charge in [0.25, 0.3) is 0 Å². The maximum absolute atomic E-state index is 12.5. The van der Waals surface area contributed by atoms with Crippen LogP contribution in [0.3, 0.4) is 0 Å². The van der Waals surface area contributed by atoms with Crippen LogP contribution in [0.2, 0.25) is 0 Å². The molecule has 1 saturated heterocycles. The third kappa shape index (κ3) is 5.11. The predicted octanol–water partition coefficient (Wildman–Crippen LogP) is 3.61. The second kappa shape index (κ2) is 7.76. The number of amides is 1. The molecule has 0 aromatic heterocycles. The van der Waals surface area contributed by atoms with Crippen molar-refractivity contribution < 1.29 is 19.4 Å².